The van der Waals surface area contributed by atoms with Crippen molar-refractivity contribution in [3.05, 3.63) is 42.5 Å². The van der Waals surface area contributed by atoms with Crippen molar-refractivity contribution < 1.29 is 9.53 Å². The molecule has 1 saturated heterocycles. The van der Waals surface area contributed by atoms with Gasteiger partial charge in [0.05, 0.1) is 6.61 Å². The standard InChI is InChI=1S/C23H32N2O2/c1-19-12-16-25(17-13-19)15-6-14-24-23(26)11-5-18-27-22-10-4-8-20-7-2-3-9-21(20)22/h2-4,7-10,19H,5-6,11-18H2,1H3,(H,24,26). The number of likely N-dealkylation sites (tertiary alicyclic amines) is 1. The van der Waals surface area contributed by atoms with Gasteiger partial charge < -0.3 is 15.0 Å². The first-order valence-electron chi connectivity index (χ1n) is 10.3. The van der Waals surface area contributed by atoms with Crippen molar-refractivity contribution in [1.29, 1.82) is 0 Å². The molecule has 0 bridgehead atoms. The van der Waals surface area contributed by atoms with Crippen LogP contribution < -0.4 is 10.1 Å². The molecule has 146 valence electrons. The number of nitrogens with one attached hydrogen (secondary N) is 1. The molecule has 0 spiro atoms. The number of hydrogen-bond donors (Lipinski definition) is 1. The number of nitrogens with zero attached hydrogens (tertiary/aromatic N) is 1. The van der Waals surface area contributed by atoms with E-state index >= 15 is 0 Å². The van der Waals surface area contributed by atoms with E-state index in [2.05, 4.69) is 35.3 Å². The van der Waals surface area contributed by atoms with Crippen LogP contribution in [0.4, 0.5) is 0 Å². The van der Waals surface area contributed by atoms with Crippen molar-refractivity contribution in [3.63, 3.8) is 0 Å². The van der Waals surface area contributed by atoms with E-state index in [0.717, 1.165) is 43.0 Å². The van der Waals surface area contributed by atoms with Crippen molar-refractivity contribution in [2.75, 3.05) is 32.8 Å². The Bertz CT molecular complexity index is 718. The Balaban J connectivity index is 1.27. The number of fused-ring (bicyclic) bond motifs is 1. The van der Waals surface area contributed by atoms with Crippen LogP contribution in [-0.4, -0.2) is 43.6 Å². The molecule has 2 aromatic carbocycles. The molecule has 27 heavy (non-hydrogen) atoms. The van der Waals surface area contributed by atoms with Crippen molar-refractivity contribution in [3.8, 4) is 5.75 Å². The van der Waals surface area contributed by atoms with Gasteiger partial charge >= 0.3 is 0 Å². The number of amides is 1. The topological polar surface area (TPSA) is 41.6 Å². The molecule has 1 aliphatic rings. The largest absolute Gasteiger partial charge is 0.493 e. The number of benzene rings is 2. The lowest BCUT2D eigenvalue weighted by Crippen LogP contribution is -2.35. The molecule has 1 N–H and O–H groups in total. The van der Waals surface area contributed by atoms with E-state index in [1.807, 2.05) is 24.3 Å². The second kappa shape index (κ2) is 10.3. The zero-order valence-electron chi connectivity index (χ0n) is 16.5. The number of piperidine rings is 1. The monoisotopic (exact) mass is 368 g/mol. The molecule has 2 aromatic rings. The Hall–Kier alpha value is -2.07. The van der Waals surface area contributed by atoms with Crippen LogP contribution in [0.2, 0.25) is 0 Å². The van der Waals surface area contributed by atoms with E-state index in [9.17, 15) is 4.79 Å². The van der Waals surface area contributed by atoms with Crippen LogP contribution >= 0.6 is 0 Å². The molecule has 0 radical (unpaired) electrons. The van der Waals surface area contributed by atoms with Crippen LogP contribution in [0.3, 0.4) is 0 Å². The van der Waals surface area contributed by atoms with E-state index in [1.165, 1.54) is 31.3 Å². The highest BCUT2D eigenvalue weighted by Gasteiger charge is 2.14. The number of hydrogen-bond acceptors (Lipinski definition) is 3. The van der Waals surface area contributed by atoms with Crippen LogP contribution in [0.5, 0.6) is 5.75 Å². The maximum absolute atomic E-state index is 12.0. The van der Waals surface area contributed by atoms with Gasteiger partial charge in [-0.05, 0) is 62.7 Å². The summed E-state index contributed by atoms with van der Waals surface area (Å²) in [6.07, 6.45) is 4.91. The maximum Gasteiger partial charge on any atom is 0.220 e. The van der Waals surface area contributed by atoms with Gasteiger partial charge in [0.25, 0.3) is 0 Å². The molecule has 0 unspecified atom stereocenters. The minimum absolute atomic E-state index is 0.129. The number of carbonyl (C=O) groups excluding carboxylic acids is 1. The van der Waals surface area contributed by atoms with Gasteiger partial charge in [0.1, 0.15) is 5.75 Å². The maximum atomic E-state index is 12.0. The highest BCUT2D eigenvalue weighted by molar-refractivity contribution is 5.88. The first-order chi connectivity index (χ1) is 13.2. The van der Waals surface area contributed by atoms with Gasteiger partial charge in [-0.2, -0.15) is 0 Å². The summed E-state index contributed by atoms with van der Waals surface area (Å²) in [4.78, 5) is 14.5. The van der Waals surface area contributed by atoms with Crippen LogP contribution in [0.25, 0.3) is 10.8 Å². The van der Waals surface area contributed by atoms with Gasteiger partial charge in [0.2, 0.25) is 5.91 Å². The highest BCUT2D eigenvalue weighted by atomic mass is 16.5. The zero-order valence-corrected chi connectivity index (χ0v) is 16.5. The minimum Gasteiger partial charge on any atom is -0.493 e. The molecule has 4 nitrogen and oxygen atoms in total. The molecule has 0 saturated carbocycles. The zero-order chi connectivity index (χ0) is 18.9. The molecule has 4 heteroatoms. The van der Waals surface area contributed by atoms with Gasteiger partial charge in [-0.3, -0.25) is 4.79 Å². The third kappa shape index (κ3) is 6.24. The first-order valence-corrected chi connectivity index (χ1v) is 10.3. The average Bonchev–Trinajstić information content (AvgIpc) is 2.70. The van der Waals surface area contributed by atoms with Gasteiger partial charge in [0, 0.05) is 18.4 Å². The van der Waals surface area contributed by atoms with Gasteiger partial charge in [0.15, 0.2) is 0 Å². The van der Waals surface area contributed by atoms with Crippen LogP contribution in [0, 0.1) is 5.92 Å². The summed E-state index contributed by atoms with van der Waals surface area (Å²) in [6.45, 7) is 7.18. The second-order valence-electron chi connectivity index (χ2n) is 7.66. The molecule has 1 heterocycles. The molecule has 3 rings (SSSR count). The second-order valence-corrected chi connectivity index (χ2v) is 7.66. The summed E-state index contributed by atoms with van der Waals surface area (Å²) >= 11 is 0. The SMILES string of the molecule is CC1CCN(CCCNC(=O)CCCOc2cccc3ccccc23)CC1. The molecule has 0 atom stereocenters. The third-order valence-electron chi connectivity index (χ3n) is 5.40. The first kappa shape index (κ1) is 19.7. The highest BCUT2D eigenvalue weighted by Crippen LogP contribution is 2.25. The number of ether oxygens (including phenoxy) is 1. The molecular formula is C23H32N2O2. The smallest absolute Gasteiger partial charge is 0.220 e. The van der Waals surface area contributed by atoms with Crippen molar-refractivity contribution in [2.45, 2.75) is 39.0 Å². The summed E-state index contributed by atoms with van der Waals surface area (Å²) < 4.78 is 5.90. The lowest BCUT2D eigenvalue weighted by atomic mass is 9.99. The van der Waals surface area contributed by atoms with Crippen LogP contribution in [-0.2, 0) is 4.79 Å². The normalized spacial score (nSPS) is 15.7. The third-order valence-corrected chi connectivity index (χ3v) is 5.40. The Morgan fingerprint density at radius 1 is 1.11 bits per heavy atom. The lowest BCUT2D eigenvalue weighted by Gasteiger charge is -2.30. The summed E-state index contributed by atoms with van der Waals surface area (Å²) in [5.74, 6) is 1.89. The summed E-state index contributed by atoms with van der Waals surface area (Å²) in [7, 11) is 0. The Labute approximate surface area is 162 Å². The molecule has 1 aliphatic heterocycles. The Morgan fingerprint density at radius 2 is 1.89 bits per heavy atom. The van der Waals surface area contributed by atoms with E-state index in [4.69, 9.17) is 4.74 Å². The lowest BCUT2D eigenvalue weighted by molar-refractivity contribution is -0.121. The van der Waals surface area contributed by atoms with Gasteiger partial charge in [-0.15, -0.1) is 0 Å². The fourth-order valence-corrected chi connectivity index (χ4v) is 3.64. The number of rotatable bonds is 9. The summed E-state index contributed by atoms with van der Waals surface area (Å²) in [5.41, 5.74) is 0. The molecule has 1 fully saturated rings. The van der Waals surface area contributed by atoms with Gasteiger partial charge in [-0.1, -0.05) is 43.3 Å². The molecule has 0 aromatic heterocycles. The van der Waals surface area contributed by atoms with Crippen LogP contribution in [0.15, 0.2) is 42.5 Å². The predicted molar refractivity (Wildman–Crippen MR) is 111 cm³/mol. The van der Waals surface area contributed by atoms with Crippen molar-refractivity contribution in [2.24, 2.45) is 5.92 Å². The van der Waals surface area contributed by atoms with E-state index < -0.39 is 0 Å². The molecule has 0 aliphatic carbocycles. The quantitative estimate of drug-likeness (QED) is 0.673. The van der Waals surface area contributed by atoms with Crippen molar-refractivity contribution in [1.82, 2.24) is 10.2 Å². The summed E-state index contributed by atoms with van der Waals surface area (Å²) in [6, 6.07) is 14.3. The fourth-order valence-electron chi connectivity index (χ4n) is 3.64. The number of carbonyl (C=O) groups is 1. The predicted octanol–water partition coefficient (Wildman–Crippen LogP) is 4.24. The average molecular weight is 369 g/mol. The van der Waals surface area contributed by atoms with E-state index in [-0.39, 0.29) is 5.91 Å². The molecule has 1 amide bonds. The minimum atomic E-state index is 0.129. The molecular weight excluding hydrogens is 336 g/mol. The van der Waals surface area contributed by atoms with E-state index in [1.54, 1.807) is 0 Å². The van der Waals surface area contributed by atoms with E-state index in [0.29, 0.717) is 13.0 Å². The van der Waals surface area contributed by atoms with Crippen molar-refractivity contribution >= 4 is 16.7 Å². The fraction of sp³-hybridized carbons (Fsp3) is 0.522. The Morgan fingerprint density at radius 3 is 2.74 bits per heavy atom. The Kier molecular flexibility index (Phi) is 7.52. The summed E-state index contributed by atoms with van der Waals surface area (Å²) in [5, 5.41) is 5.34. The van der Waals surface area contributed by atoms with Crippen LogP contribution in [0.1, 0.15) is 39.0 Å². The van der Waals surface area contributed by atoms with Gasteiger partial charge in [-0.25, -0.2) is 0 Å².